The van der Waals surface area contributed by atoms with Crippen LogP contribution in [0.15, 0.2) is 30.3 Å². The summed E-state index contributed by atoms with van der Waals surface area (Å²) in [4.78, 5) is 0. The maximum absolute atomic E-state index is 11.7. The van der Waals surface area contributed by atoms with E-state index in [-0.39, 0.29) is 0 Å². The van der Waals surface area contributed by atoms with Crippen LogP contribution in [0.25, 0.3) is 0 Å². The van der Waals surface area contributed by atoms with Gasteiger partial charge in [0.2, 0.25) is 0 Å². The topological polar surface area (TPSA) is 35.5 Å². The molecule has 1 aromatic rings. The molecule has 0 amide bonds. The Kier molecular flexibility index (Phi) is 6.75. The fourth-order valence-corrected chi connectivity index (χ4v) is 2.59. The van der Waals surface area contributed by atoms with Gasteiger partial charge in [0.05, 0.1) is 6.16 Å². The van der Waals surface area contributed by atoms with Crippen LogP contribution in [0.3, 0.4) is 0 Å². The first-order valence-corrected chi connectivity index (χ1v) is 7.67. The zero-order valence-corrected chi connectivity index (χ0v) is 11.8. The number of benzene rings is 1. The summed E-state index contributed by atoms with van der Waals surface area (Å²) in [6, 6.07) is 9.88. The molecular weight excluding hydrogens is 247 g/mol. The molecule has 0 heterocycles. The molecule has 0 bridgehead atoms. The summed E-state index contributed by atoms with van der Waals surface area (Å²) in [5.74, 6) is 6.19. The van der Waals surface area contributed by atoms with Gasteiger partial charge in [-0.05, 0) is 25.0 Å². The second kappa shape index (κ2) is 8.11. The summed E-state index contributed by atoms with van der Waals surface area (Å²) in [6.07, 6.45) is 2.94. The Hall–Kier alpha value is -1.07. The van der Waals surface area contributed by atoms with Crippen molar-refractivity contribution in [2.45, 2.75) is 19.3 Å². The van der Waals surface area contributed by atoms with Crippen molar-refractivity contribution < 1.29 is 13.6 Å². The molecule has 0 aliphatic rings. The van der Waals surface area contributed by atoms with Crippen molar-refractivity contribution in [3.8, 4) is 11.8 Å². The van der Waals surface area contributed by atoms with Crippen molar-refractivity contribution >= 4 is 7.60 Å². The highest BCUT2D eigenvalue weighted by molar-refractivity contribution is 7.53. The van der Waals surface area contributed by atoms with Gasteiger partial charge in [-0.25, -0.2) is 0 Å². The van der Waals surface area contributed by atoms with Gasteiger partial charge in [-0.3, -0.25) is 4.57 Å². The molecule has 0 aromatic heterocycles. The van der Waals surface area contributed by atoms with Gasteiger partial charge in [-0.2, -0.15) is 0 Å². The minimum Gasteiger partial charge on any atom is -0.312 e. The van der Waals surface area contributed by atoms with E-state index in [4.69, 9.17) is 9.05 Å². The summed E-state index contributed by atoms with van der Waals surface area (Å²) < 4.78 is 21.4. The van der Waals surface area contributed by atoms with E-state index in [0.29, 0.717) is 6.16 Å². The van der Waals surface area contributed by atoms with Crippen molar-refractivity contribution in [1.82, 2.24) is 0 Å². The Balaban J connectivity index is 2.24. The molecule has 1 rings (SSSR count). The lowest BCUT2D eigenvalue weighted by Crippen LogP contribution is -1.94. The van der Waals surface area contributed by atoms with Gasteiger partial charge in [0.15, 0.2) is 0 Å². The van der Waals surface area contributed by atoms with Crippen LogP contribution in [0.1, 0.15) is 24.8 Å². The predicted octanol–water partition coefficient (Wildman–Crippen LogP) is 3.69. The standard InChI is InChI=1S/C14H19O3P/c1-16-18(15,17-2)13-9-4-3-6-10-14-11-7-5-8-12-14/h5,7-8,11-12H,3-4,9,13H2,1-2H3. The van der Waals surface area contributed by atoms with E-state index < -0.39 is 7.60 Å². The third-order valence-corrected chi connectivity index (χ3v) is 4.52. The largest absolute Gasteiger partial charge is 0.330 e. The minimum atomic E-state index is -2.84. The lowest BCUT2D eigenvalue weighted by atomic mass is 10.2. The fraction of sp³-hybridized carbons (Fsp3) is 0.429. The van der Waals surface area contributed by atoms with Gasteiger partial charge < -0.3 is 9.05 Å². The number of hydrogen-bond donors (Lipinski definition) is 0. The molecule has 18 heavy (non-hydrogen) atoms. The molecule has 0 aliphatic heterocycles. The lowest BCUT2D eigenvalue weighted by molar-refractivity contribution is 0.275. The first-order valence-electron chi connectivity index (χ1n) is 5.94. The zero-order valence-electron chi connectivity index (χ0n) is 10.9. The van der Waals surface area contributed by atoms with Gasteiger partial charge in [0.25, 0.3) is 0 Å². The average molecular weight is 266 g/mol. The molecule has 0 atom stereocenters. The monoisotopic (exact) mass is 266 g/mol. The van der Waals surface area contributed by atoms with E-state index >= 15 is 0 Å². The first kappa shape index (κ1) is 15.0. The van der Waals surface area contributed by atoms with Gasteiger partial charge in [0.1, 0.15) is 0 Å². The molecule has 0 radical (unpaired) electrons. The third-order valence-electron chi connectivity index (χ3n) is 2.55. The average Bonchev–Trinajstić information content (AvgIpc) is 2.43. The van der Waals surface area contributed by atoms with Crippen molar-refractivity contribution in [2.75, 3.05) is 20.4 Å². The van der Waals surface area contributed by atoms with E-state index in [1.807, 2.05) is 30.3 Å². The molecule has 0 saturated heterocycles. The molecule has 0 unspecified atom stereocenters. The van der Waals surface area contributed by atoms with E-state index in [0.717, 1.165) is 24.8 Å². The fourth-order valence-electron chi connectivity index (χ4n) is 1.46. The van der Waals surface area contributed by atoms with Crippen LogP contribution in [0.2, 0.25) is 0 Å². The smallest absolute Gasteiger partial charge is 0.312 e. The van der Waals surface area contributed by atoms with Crippen molar-refractivity contribution in [2.24, 2.45) is 0 Å². The van der Waals surface area contributed by atoms with Crippen molar-refractivity contribution in [3.05, 3.63) is 35.9 Å². The number of hydrogen-bond acceptors (Lipinski definition) is 3. The van der Waals surface area contributed by atoms with Crippen LogP contribution >= 0.6 is 7.60 Å². The van der Waals surface area contributed by atoms with Crippen LogP contribution in [0.4, 0.5) is 0 Å². The molecule has 1 aromatic carbocycles. The van der Waals surface area contributed by atoms with Crippen LogP contribution in [-0.2, 0) is 13.6 Å². The second-order valence-electron chi connectivity index (χ2n) is 3.82. The van der Waals surface area contributed by atoms with Gasteiger partial charge in [-0.15, -0.1) is 0 Å². The Bertz CT molecular complexity index is 437. The summed E-state index contributed by atoms with van der Waals surface area (Å²) >= 11 is 0. The number of rotatable bonds is 6. The maximum Gasteiger partial charge on any atom is 0.330 e. The summed E-state index contributed by atoms with van der Waals surface area (Å²) in [6.45, 7) is 0. The third kappa shape index (κ3) is 5.51. The summed E-state index contributed by atoms with van der Waals surface area (Å²) in [7, 11) is -0.00370. The van der Waals surface area contributed by atoms with Crippen LogP contribution < -0.4 is 0 Å². The molecule has 0 spiro atoms. The van der Waals surface area contributed by atoms with Crippen molar-refractivity contribution in [3.63, 3.8) is 0 Å². The second-order valence-corrected chi connectivity index (χ2v) is 6.22. The van der Waals surface area contributed by atoms with Gasteiger partial charge >= 0.3 is 7.60 Å². The van der Waals surface area contributed by atoms with E-state index in [1.165, 1.54) is 14.2 Å². The molecule has 0 fully saturated rings. The molecular formula is C14H19O3P. The van der Waals surface area contributed by atoms with E-state index in [2.05, 4.69) is 11.8 Å². The SMILES string of the molecule is COP(=O)(CCCCC#Cc1ccccc1)OC. The normalized spacial score (nSPS) is 10.8. The van der Waals surface area contributed by atoms with Crippen LogP contribution in [0.5, 0.6) is 0 Å². The highest BCUT2D eigenvalue weighted by Crippen LogP contribution is 2.46. The summed E-state index contributed by atoms with van der Waals surface area (Å²) in [5.41, 5.74) is 1.02. The molecule has 0 aliphatic carbocycles. The van der Waals surface area contributed by atoms with E-state index in [9.17, 15) is 4.57 Å². The highest BCUT2D eigenvalue weighted by Gasteiger charge is 2.19. The molecule has 3 nitrogen and oxygen atoms in total. The number of unbranched alkanes of at least 4 members (excludes halogenated alkanes) is 2. The molecule has 4 heteroatoms. The van der Waals surface area contributed by atoms with Crippen molar-refractivity contribution in [1.29, 1.82) is 0 Å². The van der Waals surface area contributed by atoms with E-state index in [1.54, 1.807) is 0 Å². The maximum atomic E-state index is 11.7. The zero-order chi connectivity index (χ0) is 13.3. The Labute approximate surface area is 109 Å². The predicted molar refractivity (Wildman–Crippen MR) is 73.7 cm³/mol. The minimum absolute atomic E-state index is 0.451. The lowest BCUT2D eigenvalue weighted by Gasteiger charge is -2.12. The van der Waals surface area contributed by atoms with Crippen LogP contribution in [0, 0.1) is 11.8 Å². The van der Waals surface area contributed by atoms with Gasteiger partial charge in [0, 0.05) is 26.2 Å². The highest BCUT2D eigenvalue weighted by atomic mass is 31.2. The quantitative estimate of drug-likeness (QED) is 0.447. The molecule has 0 saturated carbocycles. The van der Waals surface area contributed by atoms with Gasteiger partial charge in [-0.1, -0.05) is 30.0 Å². The Morgan fingerprint density at radius 2 is 1.78 bits per heavy atom. The Morgan fingerprint density at radius 3 is 2.39 bits per heavy atom. The first-order chi connectivity index (χ1) is 8.70. The Morgan fingerprint density at radius 1 is 1.11 bits per heavy atom. The summed E-state index contributed by atoms with van der Waals surface area (Å²) in [5, 5.41) is 0. The molecule has 98 valence electrons. The molecule has 0 N–H and O–H groups in total. The van der Waals surface area contributed by atoms with Crippen LogP contribution in [-0.4, -0.2) is 20.4 Å².